The van der Waals surface area contributed by atoms with Crippen LogP contribution < -0.4 is 10.6 Å². The molecule has 0 saturated carbocycles. The number of hydrogen-bond donors (Lipinski definition) is 2. The van der Waals surface area contributed by atoms with Crippen LogP contribution in [0.5, 0.6) is 0 Å². The molecule has 2 aromatic carbocycles. The van der Waals surface area contributed by atoms with Gasteiger partial charge in [-0.25, -0.2) is 4.68 Å². The Hall–Kier alpha value is -2.58. The lowest BCUT2D eigenvalue weighted by Gasteiger charge is -2.11. The highest BCUT2D eigenvalue weighted by molar-refractivity contribution is 9.10. The molecule has 0 aliphatic rings. The molecule has 1 aromatic heterocycles. The Morgan fingerprint density at radius 2 is 1.71 bits per heavy atom. The van der Waals surface area contributed by atoms with Gasteiger partial charge in [-0.3, -0.25) is 9.59 Å². The Morgan fingerprint density at radius 3 is 2.39 bits per heavy atom. The molecule has 1 heterocycles. The summed E-state index contributed by atoms with van der Waals surface area (Å²) in [5.41, 5.74) is 3.31. The lowest BCUT2D eigenvalue weighted by atomic mass is 10.2. The largest absolute Gasteiger partial charge is 0.325 e. The third kappa shape index (κ3) is 5.71. The number of amides is 2. The summed E-state index contributed by atoms with van der Waals surface area (Å²) in [6.07, 6.45) is 3.50. The van der Waals surface area contributed by atoms with E-state index in [1.165, 1.54) is 11.8 Å². The maximum atomic E-state index is 12.3. The molecule has 0 saturated heterocycles. The van der Waals surface area contributed by atoms with Gasteiger partial charge in [0.2, 0.25) is 11.8 Å². The highest BCUT2D eigenvalue weighted by Crippen LogP contribution is 2.21. The summed E-state index contributed by atoms with van der Waals surface area (Å²) in [6, 6.07) is 15.0. The van der Waals surface area contributed by atoms with Crippen molar-refractivity contribution in [1.29, 1.82) is 0 Å². The van der Waals surface area contributed by atoms with Crippen molar-refractivity contribution in [3.63, 3.8) is 0 Å². The fraction of sp³-hybridized carbons (Fsp3) is 0.150. The standard InChI is InChI=1S/C20H19BrN4O2S/c1-14-6-8-16(9-7-14)23-19(26)12-28-13-20(27)24-17-4-2-3-5-18(17)25-11-15(21)10-22-25/h2-11H,12-13H2,1H3,(H,23,26)(H,24,27). The van der Waals surface area contributed by atoms with Crippen LogP contribution in [0.4, 0.5) is 11.4 Å². The zero-order chi connectivity index (χ0) is 19.9. The number of halogens is 1. The second kappa shape index (κ2) is 9.57. The average Bonchev–Trinajstić information content (AvgIpc) is 3.10. The Bertz CT molecular complexity index is 972. The number of hydrogen-bond acceptors (Lipinski definition) is 4. The maximum absolute atomic E-state index is 12.3. The lowest BCUT2D eigenvalue weighted by Crippen LogP contribution is -2.19. The second-order valence-electron chi connectivity index (χ2n) is 6.08. The van der Waals surface area contributed by atoms with Gasteiger partial charge in [-0.2, -0.15) is 5.10 Å². The van der Waals surface area contributed by atoms with Gasteiger partial charge in [0.1, 0.15) is 0 Å². The van der Waals surface area contributed by atoms with Crippen LogP contribution in [0.3, 0.4) is 0 Å². The number of nitrogens with zero attached hydrogens (tertiary/aromatic N) is 2. The summed E-state index contributed by atoms with van der Waals surface area (Å²) in [4.78, 5) is 24.3. The van der Waals surface area contributed by atoms with Gasteiger partial charge in [0.05, 0.1) is 33.6 Å². The first-order valence-corrected chi connectivity index (χ1v) is 10.5. The number of nitrogens with one attached hydrogen (secondary N) is 2. The summed E-state index contributed by atoms with van der Waals surface area (Å²) in [7, 11) is 0. The van der Waals surface area contributed by atoms with Crippen molar-refractivity contribution < 1.29 is 9.59 Å². The van der Waals surface area contributed by atoms with Crippen LogP contribution in [0.15, 0.2) is 65.4 Å². The number of aryl methyl sites for hydroxylation is 1. The van der Waals surface area contributed by atoms with E-state index < -0.39 is 0 Å². The third-order valence-electron chi connectivity index (χ3n) is 3.78. The van der Waals surface area contributed by atoms with E-state index in [9.17, 15) is 9.59 Å². The number of para-hydroxylation sites is 2. The fourth-order valence-electron chi connectivity index (χ4n) is 2.47. The molecule has 0 spiro atoms. The number of benzene rings is 2. The molecular formula is C20H19BrN4O2S. The van der Waals surface area contributed by atoms with Crippen molar-refractivity contribution in [2.45, 2.75) is 6.92 Å². The van der Waals surface area contributed by atoms with Crippen molar-refractivity contribution in [3.05, 3.63) is 71.0 Å². The molecule has 0 bridgehead atoms. The minimum absolute atomic E-state index is 0.136. The van der Waals surface area contributed by atoms with Gasteiger partial charge in [-0.05, 0) is 47.1 Å². The zero-order valence-electron chi connectivity index (χ0n) is 15.2. The predicted octanol–water partition coefficient (Wildman–Crippen LogP) is 4.25. The number of thioether (sulfide) groups is 1. The van der Waals surface area contributed by atoms with Gasteiger partial charge in [0, 0.05) is 11.9 Å². The van der Waals surface area contributed by atoms with Crippen LogP contribution in [-0.2, 0) is 9.59 Å². The molecule has 0 aliphatic heterocycles. The number of carbonyl (C=O) groups excluding carboxylic acids is 2. The van der Waals surface area contributed by atoms with Crippen LogP contribution in [-0.4, -0.2) is 33.1 Å². The maximum Gasteiger partial charge on any atom is 0.234 e. The number of rotatable bonds is 7. The van der Waals surface area contributed by atoms with Crippen molar-refractivity contribution in [1.82, 2.24) is 9.78 Å². The molecule has 6 nitrogen and oxygen atoms in total. The SMILES string of the molecule is Cc1ccc(NC(=O)CSCC(=O)Nc2ccccc2-n2cc(Br)cn2)cc1. The highest BCUT2D eigenvalue weighted by Gasteiger charge is 2.10. The summed E-state index contributed by atoms with van der Waals surface area (Å²) in [6.45, 7) is 1.99. The smallest absolute Gasteiger partial charge is 0.234 e. The van der Waals surface area contributed by atoms with E-state index in [2.05, 4.69) is 31.7 Å². The first-order chi connectivity index (χ1) is 13.5. The van der Waals surface area contributed by atoms with Gasteiger partial charge in [0.25, 0.3) is 0 Å². The zero-order valence-corrected chi connectivity index (χ0v) is 17.6. The van der Waals surface area contributed by atoms with Crippen molar-refractivity contribution >= 4 is 50.9 Å². The molecule has 0 atom stereocenters. The molecule has 144 valence electrons. The first-order valence-electron chi connectivity index (χ1n) is 8.55. The molecule has 0 aliphatic carbocycles. The van der Waals surface area contributed by atoms with Crippen LogP contribution in [0.1, 0.15) is 5.56 Å². The lowest BCUT2D eigenvalue weighted by molar-refractivity contribution is -0.114. The summed E-state index contributed by atoms with van der Waals surface area (Å²) in [5, 5.41) is 9.94. The highest BCUT2D eigenvalue weighted by atomic mass is 79.9. The van der Waals surface area contributed by atoms with Crippen molar-refractivity contribution in [2.24, 2.45) is 0 Å². The molecule has 0 unspecified atom stereocenters. The Labute approximate surface area is 175 Å². The van der Waals surface area contributed by atoms with Crippen LogP contribution in [0, 0.1) is 6.92 Å². The van der Waals surface area contributed by atoms with E-state index in [1.54, 1.807) is 10.9 Å². The van der Waals surface area contributed by atoms with Gasteiger partial charge in [0.15, 0.2) is 0 Å². The van der Waals surface area contributed by atoms with E-state index >= 15 is 0 Å². The number of anilines is 2. The summed E-state index contributed by atoms with van der Waals surface area (Å²) in [5.74, 6) is 0.0725. The van der Waals surface area contributed by atoms with Gasteiger partial charge in [-0.1, -0.05) is 29.8 Å². The van der Waals surface area contributed by atoms with Crippen LogP contribution in [0.2, 0.25) is 0 Å². The minimum atomic E-state index is -0.174. The second-order valence-corrected chi connectivity index (χ2v) is 7.98. The van der Waals surface area contributed by atoms with E-state index in [0.717, 1.165) is 21.4 Å². The quantitative estimate of drug-likeness (QED) is 0.554. The third-order valence-corrected chi connectivity index (χ3v) is 5.12. The molecular weight excluding hydrogens is 440 g/mol. The minimum Gasteiger partial charge on any atom is -0.325 e. The van der Waals surface area contributed by atoms with E-state index in [1.807, 2.05) is 61.7 Å². The van der Waals surface area contributed by atoms with Crippen LogP contribution >= 0.6 is 27.7 Å². The van der Waals surface area contributed by atoms with E-state index in [4.69, 9.17) is 0 Å². The Morgan fingerprint density at radius 1 is 1.04 bits per heavy atom. The van der Waals surface area contributed by atoms with Gasteiger partial charge in [-0.15, -0.1) is 11.8 Å². The van der Waals surface area contributed by atoms with Crippen LogP contribution in [0.25, 0.3) is 5.69 Å². The normalized spacial score (nSPS) is 10.5. The molecule has 2 amide bonds. The predicted molar refractivity (Wildman–Crippen MR) is 117 cm³/mol. The molecule has 3 rings (SSSR count). The van der Waals surface area contributed by atoms with Crippen molar-refractivity contribution in [2.75, 3.05) is 22.1 Å². The summed E-state index contributed by atoms with van der Waals surface area (Å²) >= 11 is 4.63. The van der Waals surface area contributed by atoms with Gasteiger partial charge < -0.3 is 10.6 Å². The molecule has 3 aromatic rings. The van der Waals surface area contributed by atoms with Crippen molar-refractivity contribution in [3.8, 4) is 5.69 Å². The number of aromatic nitrogens is 2. The van der Waals surface area contributed by atoms with E-state index in [-0.39, 0.29) is 23.3 Å². The monoisotopic (exact) mass is 458 g/mol. The van der Waals surface area contributed by atoms with E-state index in [0.29, 0.717) is 5.69 Å². The molecule has 0 radical (unpaired) electrons. The molecule has 8 heteroatoms. The average molecular weight is 459 g/mol. The first kappa shape index (κ1) is 20.2. The Kier molecular flexibility index (Phi) is 6.89. The fourth-order valence-corrected chi connectivity index (χ4v) is 3.37. The Balaban J connectivity index is 1.50. The summed E-state index contributed by atoms with van der Waals surface area (Å²) < 4.78 is 2.53. The molecule has 0 fully saturated rings. The van der Waals surface area contributed by atoms with Gasteiger partial charge >= 0.3 is 0 Å². The number of carbonyl (C=O) groups is 2. The molecule has 2 N–H and O–H groups in total. The molecule has 28 heavy (non-hydrogen) atoms. The topological polar surface area (TPSA) is 76.0 Å².